The van der Waals surface area contributed by atoms with Crippen LogP contribution in [0, 0.1) is 0 Å². The Morgan fingerprint density at radius 2 is 1.67 bits per heavy atom. The molecule has 0 saturated heterocycles. The van der Waals surface area contributed by atoms with Crippen LogP contribution in [-0.2, 0) is 30.4 Å². The van der Waals surface area contributed by atoms with Gasteiger partial charge in [0.05, 0.1) is 12.6 Å². The molecular weight excluding hydrogens is 394 g/mol. The second-order valence-electron chi connectivity index (χ2n) is 6.71. The fourth-order valence-corrected chi connectivity index (χ4v) is 2.46. The van der Waals surface area contributed by atoms with E-state index < -0.39 is 54.3 Å². The third kappa shape index (κ3) is 9.15. The highest BCUT2D eigenvalue weighted by Crippen LogP contribution is 2.02. The zero-order valence-electron chi connectivity index (χ0n) is 16.6. The van der Waals surface area contributed by atoms with Gasteiger partial charge in [0.15, 0.2) is 0 Å². The lowest BCUT2D eigenvalue weighted by Crippen LogP contribution is -2.52. The summed E-state index contributed by atoms with van der Waals surface area (Å²) in [5.74, 6) is -3.96. The number of aliphatic carboxylic acids is 1. The minimum Gasteiger partial charge on any atom is -0.480 e. The van der Waals surface area contributed by atoms with Crippen LogP contribution in [0.25, 0.3) is 0 Å². The second kappa shape index (κ2) is 12.2. The summed E-state index contributed by atoms with van der Waals surface area (Å²) in [6.45, 7) is 0.951. The first-order valence-electron chi connectivity index (χ1n) is 9.28. The van der Waals surface area contributed by atoms with Gasteiger partial charge in [0.25, 0.3) is 0 Å². The summed E-state index contributed by atoms with van der Waals surface area (Å²) < 4.78 is 0. The van der Waals surface area contributed by atoms with Crippen LogP contribution in [0.15, 0.2) is 30.3 Å². The van der Waals surface area contributed by atoms with Crippen molar-refractivity contribution in [2.75, 3.05) is 6.54 Å². The van der Waals surface area contributed by atoms with E-state index in [1.54, 1.807) is 0 Å². The van der Waals surface area contributed by atoms with Crippen molar-refractivity contribution in [1.82, 2.24) is 16.0 Å². The number of hydrogen-bond acceptors (Lipinski definition) is 6. The maximum atomic E-state index is 12.1. The number of carboxylic acid groups (broad SMARTS) is 1. The minimum absolute atomic E-state index is 0.174. The van der Waals surface area contributed by atoms with Gasteiger partial charge in [0.2, 0.25) is 23.6 Å². The first-order valence-corrected chi connectivity index (χ1v) is 9.28. The maximum Gasteiger partial charge on any atom is 0.326 e. The van der Waals surface area contributed by atoms with E-state index >= 15 is 0 Å². The predicted molar refractivity (Wildman–Crippen MR) is 107 cm³/mol. The van der Waals surface area contributed by atoms with Gasteiger partial charge >= 0.3 is 5.97 Å². The molecule has 0 radical (unpaired) electrons. The second-order valence-corrected chi connectivity index (χ2v) is 6.71. The van der Waals surface area contributed by atoms with Crippen LogP contribution in [0.2, 0.25) is 0 Å². The molecule has 0 aliphatic heterocycles. The molecule has 0 aliphatic rings. The van der Waals surface area contributed by atoms with Crippen molar-refractivity contribution >= 4 is 29.6 Å². The summed E-state index contributed by atoms with van der Waals surface area (Å²) in [4.78, 5) is 58.0. The van der Waals surface area contributed by atoms with E-state index in [4.69, 9.17) is 16.6 Å². The molecular formula is C19H27N5O6. The van der Waals surface area contributed by atoms with Gasteiger partial charge in [-0.15, -0.1) is 0 Å². The molecule has 3 atom stereocenters. The molecule has 0 bridgehead atoms. The van der Waals surface area contributed by atoms with E-state index in [0.717, 1.165) is 5.56 Å². The fraction of sp³-hybridized carbons (Fsp3) is 0.421. The third-order valence-corrected chi connectivity index (χ3v) is 4.12. The van der Waals surface area contributed by atoms with E-state index in [-0.39, 0.29) is 12.8 Å². The summed E-state index contributed by atoms with van der Waals surface area (Å²) >= 11 is 0. The van der Waals surface area contributed by atoms with Crippen molar-refractivity contribution in [3.05, 3.63) is 35.9 Å². The third-order valence-electron chi connectivity index (χ3n) is 4.12. The Hall–Kier alpha value is -3.47. The number of amides is 4. The number of rotatable bonds is 12. The molecule has 11 heteroatoms. The normalized spacial score (nSPS) is 13.4. The predicted octanol–water partition coefficient (Wildman–Crippen LogP) is -1.99. The lowest BCUT2D eigenvalue weighted by atomic mass is 10.1. The molecule has 1 rings (SSSR count). The van der Waals surface area contributed by atoms with Gasteiger partial charge in [-0.2, -0.15) is 0 Å². The Kier molecular flexibility index (Phi) is 9.97. The molecule has 11 nitrogen and oxygen atoms in total. The molecule has 30 heavy (non-hydrogen) atoms. The van der Waals surface area contributed by atoms with Gasteiger partial charge in [-0.05, 0) is 25.3 Å². The lowest BCUT2D eigenvalue weighted by Gasteiger charge is -2.19. The smallest absolute Gasteiger partial charge is 0.326 e. The van der Waals surface area contributed by atoms with Crippen LogP contribution in [0.4, 0.5) is 0 Å². The molecule has 4 amide bonds. The number of benzene rings is 1. The fourth-order valence-electron chi connectivity index (χ4n) is 2.46. The molecule has 0 aliphatic carbocycles. The molecule has 0 fully saturated rings. The van der Waals surface area contributed by atoms with Crippen molar-refractivity contribution in [3.8, 4) is 0 Å². The van der Waals surface area contributed by atoms with Gasteiger partial charge < -0.3 is 32.5 Å². The van der Waals surface area contributed by atoms with Crippen molar-refractivity contribution in [2.24, 2.45) is 11.5 Å². The summed E-state index contributed by atoms with van der Waals surface area (Å²) in [5, 5.41) is 16.0. The Morgan fingerprint density at radius 1 is 1.03 bits per heavy atom. The first kappa shape index (κ1) is 24.6. The van der Waals surface area contributed by atoms with E-state index in [0.29, 0.717) is 6.42 Å². The topological polar surface area (TPSA) is 194 Å². The number of carbonyl (C=O) groups excluding carboxylic acids is 4. The minimum atomic E-state index is -1.33. The van der Waals surface area contributed by atoms with Gasteiger partial charge in [0.1, 0.15) is 12.1 Å². The van der Waals surface area contributed by atoms with Crippen LogP contribution in [0.1, 0.15) is 25.3 Å². The molecule has 164 valence electrons. The summed E-state index contributed by atoms with van der Waals surface area (Å²) in [6, 6.07) is 5.91. The standard InChI is InChI=1S/C19H27N5O6/c1-11(17(27)24-14(19(29)30)7-8-15(21)25)23-16(26)10-22-18(28)13(20)9-12-5-3-2-4-6-12/h2-6,11,13-14H,7-10,20H2,1H3,(H2,21,25)(H,22,28)(H,23,26)(H,24,27)(H,29,30). The van der Waals surface area contributed by atoms with Crippen LogP contribution in [0.5, 0.6) is 0 Å². The Balaban J connectivity index is 2.43. The van der Waals surface area contributed by atoms with E-state index in [2.05, 4.69) is 16.0 Å². The van der Waals surface area contributed by atoms with Crippen LogP contribution < -0.4 is 27.4 Å². The van der Waals surface area contributed by atoms with E-state index in [9.17, 15) is 24.0 Å². The van der Waals surface area contributed by atoms with Crippen LogP contribution >= 0.6 is 0 Å². The van der Waals surface area contributed by atoms with Crippen molar-refractivity contribution in [3.63, 3.8) is 0 Å². The van der Waals surface area contributed by atoms with Gasteiger partial charge in [-0.1, -0.05) is 30.3 Å². The number of nitrogens with one attached hydrogen (secondary N) is 3. The molecule has 0 heterocycles. The van der Waals surface area contributed by atoms with Gasteiger partial charge in [-0.3, -0.25) is 19.2 Å². The van der Waals surface area contributed by atoms with E-state index in [1.807, 2.05) is 30.3 Å². The van der Waals surface area contributed by atoms with Gasteiger partial charge in [0, 0.05) is 6.42 Å². The quantitative estimate of drug-likeness (QED) is 0.225. The number of carboxylic acids is 1. The monoisotopic (exact) mass is 421 g/mol. The number of hydrogen-bond donors (Lipinski definition) is 6. The Morgan fingerprint density at radius 3 is 2.23 bits per heavy atom. The average Bonchev–Trinajstić information content (AvgIpc) is 2.69. The summed E-state index contributed by atoms with van der Waals surface area (Å²) in [5.41, 5.74) is 11.7. The molecule has 3 unspecified atom stereocenters. The zero-order valence-corrected chi connectivity index (χ0v) is 16.6. The summed E-state index contributed by atoms with van der Waals surface area (Å²) in [7, 11) is 0. The Labute approximate surface area is 173 Å². The van der Waals surface area contributed by atoms with Crippen LogP contribution in [0.3, 0.4) is 0 Å². The number of primary amides is 1. The molecule has 0 saturated carbocycles. The summed E-state index contributed by atoms with van der Waals surface area (Å²) in [6.07, 6.45) is -0.0886. The largest absolute Gasteiger partial charge is 0.480 e. The highest BCUT2D eigenvalue weighted by Gasteiger charge is 2.24. The molecule has 1 aromatic carbocycles. The van der Waals surface area contributed by atoms with Gasteiger partial charge in [-0.25, -0.2) is 4.79 Å². The average molecular weight is 421 g/mol. The maximum absolute atomic E-state index is 12.1. The number of nitrogens with two attached hydrogens (primary N) is 2. The first-order chi connectivity index (χ1) is 14.1. The van der Waals surface area contributed by atoms with Crippen molar-refractivity contribution < 1.29 is 29.1 Å². The molecule has 0 spiro atoms. The zero-order chi connectivity index (χ0) is 22.7. The van der Waals surface area contributed by atoms with E-state index in [1.165, 1.54) is 6.92 Å². The highest BCUT2D eigenvalue weighted by atomic mass is 16.4. The highest BCUT2D eigenvalue weighted by molar-refractivity contribution is 5.92. The van der Waals surface area contributed by atoms with Crippen molar-refractivity contribution in [1.29, 1.82) is 0 Å². The van der Waals surface area contributed by atoms with Crippen LogP contribution in [-0.4, -0.2) is 59.4 Å². The molecule has 0 aromatic heterocycles. The molecule has 1 aromatic rings. The Bertz CT molecular complexity index is 770. The number of carbonyl (C=O) groups is 5. The lowest BCUT2D eigenvalue weighted by molar-refractivity contribution is -0.142. The molecule has 8 N–H and O–H groups in total. The SMILES string of the molecule is CC(NC(=O)CNC(=O)C(N)Cc1ccccc1)C(=O)NC(CCC(N)=O)C(=O)O. The van der Waals surface area contributed by atoms with Crippen molar-refractivity contribution in [2.45, 2.75) is 44.3 Å².